The van der Waals surface area contributed by atoms with E-state index in [1.807, 2.05) is 13.8 Å². The van der Waals surface area contributed by atoms with Crippen LogP contribution in [0.3, 0.4) is 0 Å². The van der Waals surface area contributed by atoms with Gasteiger partial charge in [0, 0.05) is 31.7 Å². The SMILES string of the molecule is CC.CC(C)(C)CCN1CC2CC(C1)N2CCO. The minimum atomic E-state index is 0.314. The Labute approximate surface area is 113 Å². The van der Waals surface area contributed by atoms with E-state index < -0.39 is 0 Å². The Kier molecular flexibility index (Phi) is 6.09. The molecule has 18 heavy (non-hydrogen) atoms. The third-order valence-corrected chi connectivity index (χ3v) is 3.96. The molecule has 0 aromatic rings. The van der Waals surface area contributed by atoms with E-state index >= 15 is 0 Å². The van der Waals surface area contributed by atoms with E-state index in [-0.39, 0.29) is 0 Å². The smallest absolute Gasteiger partial charge is 0.0558 e. The van der Waals surface area contributed by atoms with Gasteiger partial charge in [0.05, 0.1) is 6.61 Å². The summed E-state index contributed by atoms with van der Waals surface area (Å²) in [6.45, 7) is 15.8. The van der Waals surface area contributed by atoms with Crippen molar-refractivity contribution in [1.29, 1.82) is 0 Å². The molecule has 108 valence electrons. The maximum Gasteiger partial charge on any atom is 0.0558 e. The number of piperidine rings is 1. The van der Waals surface area contributed by atoms with Crippen LogP contribution in [-0.2, 0) is 0 Å². The minimum Gasteiger partial charge on any atom is -0.395 e. The fourth-order valence-electron chi connectivity index (χ4n) is 2.93. The highest BCUT2D eigenvalue weighted by atomic mass is 16.3. The van der Waals surface area contributed by atoms with Crippen LogP contribution in [0, 0.1) is 5.41 Å². The molecule has 0 spiro atoms. The molecule has 0 amide bonds. The number of rotatable bonds is 4. The summed E-state index contributed by atoms with van der Waals surface area (Å²) < 4.78 is 0. The predicted molar refractivity (Wildman–Crippen MR) is 77.8 cm³/mol. The third kappa shape index (κ3) is 4.22. The molecule has 3 saturated heterocycles. The van der Waals surface area contributed by atoms with Crippen LogP contribution in [0.15, 0.2) is 0 Å². The van der Waals surface area contributed by atoms with Crippen LogP contribution in [0.4, 0.5) is 0 Å². The second-order valence-electron chi connectivity index (χ2n) is 6.58. The summed E-state index contributed by atoms with van der Waals surface area (Å²) >= 11 is 0. The number of aliphatic hydroxyl groups is 1. The molecule has 3 rings (SSSR count). The van der Waals surface area contributed by atoms with Crippen molar-refractivity contribution in [3.05, 3.63) is 0 Å². The highest BCUT2D eigenvalue weighted by molar-refractivity contribution is 5.00. The molecule has 3 fully saturated rings. The maximum absolute atomic E-state index is 8.98. The molecule has 2 atom stereocenters. The summed E-state index contributed by atoms with van der Waals surface area (Å²) in [6, 6.07) is 1.46. The van der Waals surface area contributed by atoms with Gasteiger partial charge in [-0.1, -0.05) is 34.6 Å². The Hall–Kier alpha value is -0.120. The Bertz CT molecular complexity index is 225. The molecule has 3 heteroatoms. The third-order valence-electron chi connectivity index (χ3n) is 3.96. The van der Waals surface area contributed by atoms with Crippen molar-refractivity contribution in [1.82, 2.24) is 9.80 Å². The number of hydrogen-bond acceptors (Lipinski definition) is 3. The average molecular weight is 256 g/mol. The first kappa shape index (κ1) is 15.9. The zero-order valence-electron chi connectivity index (χ0n) is 12.9. The predicted octanol–water partition coefficient (Wildman–Crippen LogP) is 2.20. The van der Waals surface area contributed by atoms with E-state index in [1.54, 1.807) is 0 Å². The second kappa shape index (κ2) is 6.88. The van der Waals surface area contributed by atoms with E-state index in [1.165, 1.54) is 32.5 Å². The maximum atomic E-state index is 8.98. The number of nitrogens with zero attached hydrogens (tertiary/aromatic N) is 2. The lowest BCUT2D eigenvalue weighted by atomic mass is 9.86. The lowest BCUT2D eigenvalue weighted by molar-refractivity contribution is -0.0766. The monoisotopic (exact) mass is 256 g/mol. The van der Waals surface area contributed by atoms with Crippen molar-refractivity contribution >= 4 is 0 Å². The van der Waals surface area contributed by atoms with Crippen molar-refractivity contribution in [2.24, 2.45) is 5.41 Å². The van der Waals surface area contributed by atoms with Crippen LogP contribution in [0.2, 0.25) is 0 Å². The molecule has 0 aromatic heterocycles. The van der Waals surface area contributed by atoms with Crippen LogP contribution in [0.1, 0.15) is 47.5 Å². The fraction of sp³-hybridized carbons (Fsp3) is 1.00. The van der Waals surface area contributed by atoms with E-state index in [0.717, 1.165) is 18.6 Å². The first-order valence-corrected chi connectivity index (χ1v) is 7.58. The molecule has 2 bridgehead atoms. The van der Waals surface area contributed by atoms with Gasteiger partial charge in [0.15, 0.2) is 0 Å². The van der Waals surface area contributed by atoms with Crippen molar-refractivity contribution in [2.75, 3.05) is 32.8 Å². The van der Waals surface area contributed by atoms with Crippen LogP contribution in [-0.4, -0.2) is 59.8 Å². The summed E-state index contributed by atoms with van der Waals surface area (Å²) in [6.07, 6.45) is 2.64. The summed E-state index contributed by atoms with van der Waals surface area (Å²) in [5.74, 6) is 0. The van der Waals surface area contributed by atoms with Crippen molar-refractivity contribution < 1.29 is 5.11 Å². The van der Waals surface area contributed by atoms with Gasteiger partial charge >= 0.3 is 0 Å². The Morgan fingerprint density at radius 2 is 1.61 bits per heavy atom. The van der Waals surface area contributed by atoms with Gasteiger partial charge in [-0.3, -0.25) is 4.90 Å². The molecule has 1 N–H and O–H groups in total. The molecule has 0 aliphatic carbocycles. The summed E-state index contributed by atoms with van der Waals surface area (Å²) in [7, 11) is 0. The molecule has 3 nitrogen and oxygen atoms in total. The lowest BCUT2D eigenvalue weighted by Gasteiger charge is -2.56. The van der Waals surface area contributed by atoms with Crippen LogP contribution < -0.4 is 0 Å². The first-order valence-electron chi connectivity index (χ1n) is 7.58. The second-order valence-corrected chi connectivity index (χ2v) is 6.58. The highest BCUT2D eigenvalue weighted by Gasteiger charge is 2.43. The zero-order valence-corrected chi connectivity index (χ0v) is 12.9. The number of fused-ring (bicyclic) bond motifs is 2. The quantitative estimate of drug-likeness (QED) is 0.835. The molecule has 3 heterocycles. The molecule has 2 unspecified atom stereocenters. The Balaban J connectivity index is 0.000000771. The largest absolute Gasteiger partial charge is 0.395 e. The van der Waals surface area contributed by atoms with E-state index in [4.69, 9.17) is 5.11 Å². The summed E-state index contributed by atoms with van der Waals surface area (Å²) in [4.78, 5) is 5.09. The van der Waals surface area contributed by atoms with Gasteiger partial charge in [-0.05, 0) is 24.8 Å². The van der Waals surface area contributed by atoms with Gasteiger partial charge in [-0.2, -0.15) is 0 Å². The van der Waals surface area contributed by atoms with Crippen LogP contribution in [0.25, 0.3) is 0 Å². The van der Waals surface area contributed by atoms with Crippen molar-refractivity contribution in [2.45, 2.75) is 59.5 Å². The van der Waals surface area contributed by atoms with Gasteiger partial charge in [0.25, 0.3) is 0 Å². The molecule has 0 aromatic carbocycles. The zero-order chi connectivity index (χ0) is 13.8. The minimum absolute atomic E-state index is 0.314. The van der Waals surface area contributed by atoms with Crippen molar-refractivity contribution in [3.8, 4) is 0 Å². The Morgan fingerprint density at radius 3 is 2.06 bits per heavy atom. The average Bonchev–Trinajstić information content (AvgIpc) is 2.35. The molecule has 3 aliphatic rings. The topological polar surface area (TPSA) is 26.7 Å². The van der Waals surface area contributed by atoms with Gasteiger partial charge < -0.3 is 10.0 Å². The molecule has 0 radical (unpaired) electrons. The normalized spacial score (nSPS) is 28.3. The Morgan fingerprint density at radius 1 is 1.06 bits per heavy atom. The summed E-state index contributed by atoms with van der Waals surface area (Å²) in [5.41, 5.74) is 0.451. The highest BCUT2D eigenvalue weighted by Crippen LogP contribution is 2.32. The molecular weight excluding hydrogens is 224 g/mol. The van der Waals surface area contributed by atoms with Gasteiger partial charge in [0.1, 0.15) is 0 Å². The van der Waals surface area contributed by atoms with Crippen molar-refractivity contribution in [3.63, 3.8) is 0 Å². The standard InChI is InChI=1S/C13H26N2O.C2H6/c1-13(2,3)4-5-14-9-11-8-12(10-14)15(11)6-7-16;1-2/h11-12,16H,4-10H2,1-3H3;1-2H3. The van der Waals surface area contributed by atoms with Crippen LogP contribution in [0.5, 0.6) is 0 Å². The first-order chi connectivity index (χ1) is 8.49. The summed E-state index contributed by atoms with van der Waals surface area (Å²) in [5, 5.41) is 8.98. The van der Waals surface area contributed by atoms with Gasteiger partial charge in [0.2, 0.25) is 0 Å². The van der Waals surface area contributed by atoms with Gasteiger partial charge in [-0.15, -0.1) is 0 Å². The van der Waals surface area contributed by atoms with E-state index in [0.29, 0.717) is 12.0 Å². The number of aliphatic hydroxyl groups excluding tert-OH is 1. The lowest BCUT2D eigenvalue weighted by Crippen LogP contribution is -2.69. The number of hydrogen-bond donors (Lipinski definition) is 1. The molecule has 0 saturated carbocycles. The molecular formula is C15H32N2O. The fourth-order valence-corrected chi connectivity index (χ4v) is 2.93. The van der Waals surface area contributed by atoms with Crippen LogP contribution >= 0.6 is 0 Å². The van der Waals surface area contributed by atoms with E-state index in [2.05, 4.69) is 30.6 Å². The number of piperazine rings is 1. The van der Waals surface area contributed by atoms with E-state index in [9.17, 15) is 0 Å². The molecule has 3 aliphatic heterocycles. The van der Waals surface area contributed by atoms with Gasteiger partial charge in [-0.25, -0.2) is 0 Å².